The van der Waals surface area contributed by atoms with E-state index in [4.69, 9.17) is 15.1 Å². The third-order valence-electron chi connectivity index (χ3n) is 2.37. The summed E-state index contributed by atoms with van der Waals surface area (Å²) in [5.74, 6) is 0. The zero-order valence-corrected chi connectivity index (χ0v) is 12.1. The molecule has 6 nitrogen and oxygen atoms in total. The molecule has 0 saturated heterocycles. The first-order valence-corrected chi connectivity index (χ1v) is 6.48. The number of nitrogens with zero attached hydrogens (tertiary/aromatic N) is 1. The van der Waals surface area contributed by atoms with Crippen LogP contribution in [0, 0.1) is 6.92 Å². The van der Waals surface area contributed by atoms with Crippen molar-refractivity contribution in [1.82, 2.24) is 10.4 Å². The van der Waals surface area contributed by atoms with Gasteiger partial charge in [-0.1, -0.05) is 35.9 Å². The van der Waals surface area contributed by atoms with Crippen LogP contribution in [0.3, 0.4) is 0 Å². The maximum atomic E-state index is 10.1. The predicted molar refractivity (Wildman–Crippen MR) is 77.1 cm³/mol. The molecule has 0 fully saturated rings. The van der Waals surface area contributed by atoms with Gasteiger partial charge in [-0.15, -0.1) is 0 Å². The third kappa shape index (κ3) is 11.5. The summed E-state index contributed by atoms with van der Waals surface area (Å²) in [6.45, 7) is 4.22. The molecule has 0 radical (unpaired) electrons. The first kappa shape index (κ1) is 18.4. The zero-order chi connectivity index (χ0) is 15.2. The van der Waals surface area contributed by atoms with Gasteiger partial charge in [0, 0.05) is 13.7 Å². The summed E-state index contributed by atoms with van der Waals surface area (Å²) in [5, 5.41) is 20.3. The number of rotatable bonds is 7. The van der Waals surface area contributed by atoms with E-state index in [0.717, 1.165) is 6.54 Å². The number of carboxylic acid groups (broad SMARTS) is 1. The van der Waals surface area contributed by atoms with Gasteiger partial charge in [0.1, 0.15) is 0 Å². The minimum Gasteiger partial charge on any atom is -0.463 e. The molecule has 114 valence electrons. The van der Waals surface area contributed by atoms with Crippen molar-refractivity contribution < 1.29 is 19.8 Å². The Labute approximate surface area is 119 Å². The monoisotopic (exact) mass is 284 g/mol. The van der Waals surface area contributed by atoms with E-state index in [1.165, 1.54) is 5.56 Å². The molecule has 6 heteroatoms. The molecule has 1 rings (SSSR count). The lowest BCUT2D eigenvalue weighted by Gasteiger charge is -2.10. The normalized spacial score (nSPS) is 9.55. The molecule has 0 spiro atoms. The van der Waals surface area contributed by atoms with Crippen molar-refractivity contribution in [3.8, 4) is 0 Å². The highest BCUT2D eigenvalue weighted by atomic mass is 16.6. The van der Waals surface area contributed by atoms with Crippen LogP contribution in [0.15, 0.2) is 30.3 Å². The van der Waals surface area contributed by atoms with Gasteiger partial charge in [-0.3, -0.25) is 5.21 Å². The van der Waals surface area contributed by atoms with Crippen molar-refractivity contribution in [2.24, 2.45) is 0 Å². The van der Waals surface area contributed by atoms with Crippen molar-refractivity contribution in [3.63, 3.8) is 0 Å². The summed E-state index contributed by atoms with van der Waals surface area (Å²) in [6, 6.07) is 10.3. The van der Waals surface area contributed by atoms with Crippen LogP contribution in [-0.4, -0.2) is 54.8 Å². The first-order chi connectivity index (χ1) is 9.57. The number of benzene rings is 1. The van der Waals surface area contributed by atoms with Gasteiger partial charge in [0.05, 0.1) is 13.2 Å². The molecular formula is C14H24N2O4. The maximum Gasteiger partial charge on any atom is 0.431 e. The summed E-state index contributed by atoms with van der Waals surface area (Å²) < 4.78 is 4.79. The average molecular weight is 284 g/mol. The van der Waals surface area contributed by atoms with Gasteiger partial charge in [0.2, 0.25) is 0 Å². The number of carbonyl (C=O) groups is 1. The average Bonchev–Trinajstić information content (AvgIpc) is 2.44. The second kappa shape index (κ2) is 12.4. The van der Waals surface area contributed by atoms with Crippen molar-refractivity contribution in [2.45, 2.75) is 13.3 Å². The van der Waals surface area contributed by atoms with Crippen LogP contribution in [0.25, 0.3) is 0 Å². The Morgan fingerprint density at radius 3 is 2.40 bits per heavy atom. The smallest absolute Gasteiger partial charge is 0.431 e. The highest BCUT2D eigenvalue weighted by molar-refractivity contribution is 5.63. The summed E-state index contributed by atoms with van der Waals surface area (Å²) in [7, 11) is 1.61. The molecule has 3 N–H and O–H groups in total. The van der Waals surface area contributed by atoms with Crippen LogP contribution in [0.4, 0.5) is 4.79 Å². The van der Waals surface area contributed by atoms with Crippen molar-refractivity contribution in [2.75, 3.05) is 33.4 Å². The Bertz CT molecular complexity index is 346. The van der Waals surface area contributed by atoms with E-state index >= 15 is 0 Å². The molecule has 0 saturated carbocycles. The fourth-order valence-corrected chi connectivity index (χ4v) is 1.28. The van der Waals surface area contributed by atoms with E-state index in [-0.39, 0.29) is 11.6 Å². The van der Waals surface area contributed by atoms with Gasteiger partial charge in [0.25, 0.3) is 0 Å². The molecule has 0 aliphatic rings. The van der Waals surface area contributed by atoms with E-state index in [1.807, 2.05) is 18.2 Å². The molecule has 0 atom stereocenters. The number of methoxy groups -OCH3 is 1. The van der Waals surface area contributed by atoms with E-state index in [9.17, 15) is 4.79 Å². The van der Waals surface area contributed by atoms with Crippen LogP contribution in [0.1, 0.15) is 12.0 Å². The molecule has 0 unspecified atom stereocenters. The van der Waals surface area contributed by atoms with Gasteiger partial charge in [-0.2, -0.15) is 5.06 Å². The van der Waals surface area contributed by atoms with E-state index in [0.29, 0.717) is 19.6 Å². The number of hydrogen-bond acceptors (Lipinski definition) is 4. The molecule has 0 heterocycles. The summed E-state index contributed by atoms with van der Waals surface area (Å²) in [5.41, 5.74) is 1.32. The number of ether oxygens (including phenoxy) is 1. The predicted octanol–water partition coefficient (Wildman–Crippen LogP) is 1.98. The van der Waals surface area contributed by atoms with Gasteiger partial charge < -0.3 is 15.2 Å². The highest BCUT2D eigenvalue weighted by Crippen LogP contribution is 1.92. The Hall–Kier alpha value is -1.63. The highest BCUT2D eigenvalue weighted by Gasteiger charge is 2.05. The number of amides is 1. The van der Waals surface area contributed by atoms with Gasteiger partial charge in [-0.05, 0) is 19.9 Å². The summed E-state index contributed by atoms with van der Waals surface area (Å²) in [4.78, 5) is 10.1. The third-order valence-corrected chi connectivity index (χ3v) is 2.37. The Morgan fingerprint density at radius 2 is 1.95 bits per heavy atom. The van der Waals surface area contributed by atoms with E-state index < -0.39 is 6.09 Å². The van der Waals surface area contributed by atoms with E-state index in [1.54, 1.807) is 7.11 Å². The second-order valence-electron chi connectivity index (χ2n) is 4.16. The zero-order valence-electron chi connectivity index (χ0n) is 12.1. The summed E-state index contributed by atoms with van der Waals surface area (Å²) >= 11 is 0. The fraction of sp³-hybridized carbons (Fsp3) is 0.500. The topological polar surface area (TPSA) is 82.0 Å². The van der Waals surface area contributed by atoms with Gasteiger partial charge in [0.15, 0.2) is 0 Å². The molecule has 1 amide bonds. The Kier molecular flexibility index (Phi) is 11.4. The molecule has 0 aromatic heterocycles. The number of aryl methyl sites for hydroxylation is 1. The minimum atomic E-state index is -1.32. The lowest BCUT2D eigenvalue weighted by atomic mass is 10.2. The minimum absolute atomic E-state index is 0.120. The Morgan fingerprint density at radius 1 is 1.30 bits per heavy atom. The van der Waals surface area contributed by atoms with Crippen LogP contribution in [0.2, 0.25) is 0 Å². The number of nitrogens with one attached hydrogen (secondary N) is 1. The maximum absolute atomic E-state index is 10.1. The van der Waals surface area contributed by atoms with Crippen molar-refractivity contribution in [1.29, 1.82) is 0 Å². The van der Waals surface area contributed by atoms with Crippen molar-refractivity contribution >= 4 is 6.09 Å². The SMILES string of the molecule is COCCNCCCN(O)C(=O)O.Cc1ccccc1. The van der Waals surface area contributed by atoms with Crippen LogP contribution >= 0.6 is 0 Å². The summed E-state index contributed by atoms with van der Waals surface area (Å²) in [6.07, 6.45) is -0.746. The van der Waals surface area contributed by atoms with Crippen LogP contribution < -0.4 is 5.32 Å². The van der Waals surface area contributed by atoms with Crippen molar-refractivity contribution in [3.05, 3.63) is 35.9 Å². The fourth-order valence-electron chi connectivity index (χ4n) is 1.28. The number of hydroxylamine groups is 2. The molecular weight excluding hydrogens is 260 g/mol. The molecule has 1 aromatic carbocycles. The quantitative estimate of drug-likeness (QED) is 0.405. The standard InChI is InChI=1S/C7H16N2O4.C7H8/c1-13-6-4-8-3-2-5-9(12)7(10)11;1-7-5-3-2-4-6-7/h8,12H,2-6H2,1H3,(H,10,11);2-6H,1H3. The van der Waals surface area contributed by atoms with Crippen LogP contribution in [-0.2, 0) is 4.74 Å². The van der Waals surface area contributed by atoms with Gasteiger partial charge in [-0.25, -0.2) is 4.79 Å². The number of hydrogen-bond donors (Lipinski definition) is 3. The molecule has 0 bridgehead atoms. The molecule has 1 aromatic rings. The Balaban J connectivity index is 0.000000428. The molecule has 0 aliphatic heterocycles. The largest absolute Gasteiger partial charge is 0.463 e. The molecule has 20 heavy (non-hydrogen) atoms. The van der Waals surface area contributed by atoms with Crippen LogP contribution in [0.5, 0.6) is 0 Å². The second-order valence-corrected chi connectivity index (χ2v) is 4.16. The lowest BCUT2D eigenvalue weighted by molar-refractivity contribution is -0.0640. The van der Waals surface area contributed by atoms with E-state index in [2.05, 4.69) is 24.4 Å². The lowest BCUT2D eigenvalue weighted by Crippen LogP contribution is -2.29. The molecule has 0 aliphatic carbocycles. The van der Waals surface area contributed by atoms with Gasteiger partial charge >= 0.3 is 6.09 Å². The first-order valence-electron chi connectivity index (χ1n) is 6.48.